The van der Waals surface area contributed by atoms with Gasteiger partial charge in [-0.2, -0.15) is 0 Å². The Morgan fingerprint density at radius 3 is 2.00 bits per heavy atom. The van der Waals surface area contributed by atoms with Crippen LogP contribution in [0.25, 0.3) is 0 Å². The SMILES string of the molecule is C[C@@H](c1ccccc1)N(Cc1ccccc1)Cc1ccccc1B(O)O. The van der Waals surface area contributed by atoms with Gasteiger partial charge in [0.1, 0.15) is 0 Å². The summed E-state index contributed by atoms with van der Waals surface area (Å²) in [6.45, 7) is 3.61. The molecule has 3 aromatic rings. The third-order valence-electron chi connectivity index (χ3n) is 4.76. The lowest BCUT2D eigenvalue weighted by atomic mass is 9.77. The van der Waals surface area contributed by atoms with Crippen LogP contribution in [0, 0.1) is 0 Å². The second-order valence-electron chi connectivity index (χ2n) is 6.55. The predicted octanol–water partition coefficient (Wildman–Crippen LogP) is 3.13. The van der Waals surface area contributed by atoms with Gasteiger partial charge < -0.3 is 10.0 Å². The lowest BCUT2D eigenvalue weighted by Gasteiger charge is -2.30. The molecule has 0 spiro atoms. The van der Waals surface area contributed by atoms with E-state index in [9.17, 15) is 10.0 Å². The third kappa shape index (κ3) is 4.61. The molecular weight excluding hydrogens is 321 g/mol. The molecule has 1 atom stereocenters. The van der Waals surface area contributed by atoms with E-state index < -0.39 is 7.12 Å². The molecule has 3 nitrogen and oxygen atoms in total. The smallest absolute Gasteiger partial charge is 0.423 e. The molecule has 3 aromatic carbocycles. The molecule has 3 rings (SSSR count). The van der Waals surface area contributed by atoms with Gasteiger partial charge in [0.05, 0.1) is 0 Å². The lowest BCUT2D eigenvalue weighted by Crippen LogP contribution is -2.36. The molecule has 0 fully saturated rings. The van der Waals surface area contributed by atoms with E-state index in [0.717, 1.165) is 12.1 Å². The second-order valence-corrected chi connectivity index (χ2v) is 6.55. The largest absolute Gasteiger partial charge is 0.488 e. The van der Waals surface area contributed by atoms with Crippen LogP contribution < -0.4 is 5.46 Å². The Bertz CT molecular complexity index is 809. The third-order valence-corrected chi connectivity index (χ3v) is 4.76. The summed E-state index contributed by atoms with van der Waals surface area (Å²) in [5, 5.41) is 19.4. The Kier molecular flexibility index (Phi) is 6.23. The molecule has 0 unspecified atom stereocenters. The minimum Gasteiger partial charge on any atom is -0.423 e. The predicted molar refractivity (Wildman–Crippen MR) is 107 cm³/mol. The zero-order valence-electron chi connectivity index (χ0n) is 15.0. The van der Waals surface area contributed by atoms with E-state index >= 15 is 0 Å². The quantitative estimate of drug-likeness (QED) is 0.647. The molecule has 0 aliphatic heterocycles. The summed E-state index contributed by atoms with van der Waals surface area (Å²) in [4.78, 5) is 2.35. The van der Waals surface area contributed by atoms with Crippen LogP contribution in [0.5, 0.6) is 0 Å². The molecule has 0 bridgehead atoms. The second kappa shape index (κ2) is 8.81. The summed E-state index contributed by atoms with van der Waals surface area (Å²) in [5.41, 5.74) is 3.97. The topological polar surface area (TPSA) is 43.7 Å². The highest BCUT2D eigenvalue weighted by molar-refractivity contribution is 6.59. The Balaban J connectivity index is 1.90. The molecule has 0 heterocycles. The van der Waals surface area contributed by atoms with Crippen molar-refractivity contribution in [2.24, 2.45) is 0 Å². The molecular formula is C22H24BNO2. The van der Waals surface area contributed by atoms with Gasteiger partial charge in [0.2, 0.25) is 0 Å². The molecule has 0 saturated carbocycles. The maximum atomic E-state index is 9.70. The van der Waals surface area contributed by atoms with Gasteiger partial charge in [0.25, 0.3) is 0 Å². The van der Waals surface area contributed by atoms with Crippen molar-refractivity contribution in [3.05, 3.63) is 102 Å². The van der Waals surface area contributed by atoms with Crippen molar-refractivity contribution in [2.75, 3.05) is 0 Å². The molecule has 0 aliphatic rings. The number of nitrogens with zero attached hydrogens (tertiary/aromatic N) is 1. The molecule has 132 valence electrons. The highest BCUT2D eigenvalue weighted by Crippen LogP contribution is 2.24. The van der Waals surface area contributed by atoms with Crippen LogP contribution in [0.1, 0.15) is 29.7 Å². The van der Waals surface area contributed by atoms with Crippen molar-refractivity contribution in [3.8, 4) is 0 Å². The number of rotatable bonds is 7. The summed E-state index contributed by atoms with van der Waals surface area (Å²) in [7, 11) is -1.46. The summed E-state index contributed by atoms with van der Waals surface area (Å²) in [6.07, 6.45) is 0. The van der Waals surface area contributed by atoms with E-state index in [1.807, 2.05) is 42.5 Å². The van der Waals surface area contributed by atoms with E-state index in [1.165, 1.54) is 11.1 Å². The first-order valence-corrected chi connectivity index (χ1v) is 8.92. The fourth-order valence-electron chi connectivity index (χ4n) is 3.24. The molecule has 4 heteroatoms. The Hall–Kier alpha value is -2.40. The van der Waals surface area contributed by atoms with Gasteiger partial charge in [0.15, 0.2) is 0 Å². The van der Waals surface area contributed by atoms with E-state index in [0.29, 0.717) is 12.0 Å². The minimum atomic E-state index is -1.46. The Morgan fingerprint density at radius 1 is 0.769 bits per heavy atom. The summed E-state index contributed by atoms with van der Waals surface area (Å²) >= 11 is 0. The van der Waals surface area contributed by atoms with E-state index in [4.69, 9.17) is 0 Å². The van der Waals surface area contributed by atoms with Crippen LogP contribution in [0.2, 0.25) is 0 Å². The molecule has 0 saturated heterocycles. The van der Waals surface area contributed by atoms with Crippen LogP contribution >= 0.6 is 0 Å². The number of benzene rings is 3. The van der Waals surface area contributed by atoms with Gasteiger partial charge in [-0.05, 0) is 29.1 Å². The van der Waals surface area contributed by atoms with Crippen LogP contribution in [-0.2, 0) is 13.1 Å². The summed E-state index contributed by atoms with van der Waals surface area (Å²) in [5.74, 6) is 0. The normalized spacial score (nSPS) is 12.2. The van der Waals surface area contributed by atoms with Crippen molar-refractivity contribution < 1.29 is 10.0 Å². The highest BCUT2D eigenvalue weighted by Gasteiger charge is 2.21. The zero-order chi connectivity index (χ0) is 18.4. The fraction of sp³-hybridized carbons (Fsp3) is 0.182. The number of hydrogen-bond donors (Lipinski definition) is 2. The average molecular weight is 345 g/mol. The van der Waals surface area contributed by atoms with Gasteiger partial charge in [-0.1, -0.05) is 84.9 Å². The van der Waals surface area contributed by atoms with Gasteiger partial charge in [0, 0.05) is 19.1 Å². The standard InChI is InChI=1S/C22H24BNO2/c1-18(20-12-6-3-7-13-20)24(16-19-10-4-2-5-11-19)17-21-14-8-9-15-22(21)23(25)26/h2-15,18,25-26H,16-17H2,1H3/t18-/m0/s1. The van der Waals surface area contributed by atoms with E-state index in [2.05, 4.69) is 48.2 Å². The molecule has 0 aromatic heterocycles. The summed E-state index contributed by atoms with van der Waals surface area (Å²) in [6, 6.07) is 28.5. The van der Waals surface area contributed by atoms with Gasteiger partial charge >= 0.3 is 7.12 Å². The van der Waals surface area contributed by atoms with Crippen molar-refractivity contribution >= 4 is 12.6 Å². The molecule has 0 aliphatic carbocycles. The molecule has 26 heavy (non-hydrogen) atoms. The summed E-state index contributed by atoms with van der Waals surface area (Å²) < 4.78 is 0. The number of hydrogen-bond acceptors (Lipinski definition) is 3. The van der Waals surface area contributed by atoms with Crippen molar-refractivity contribution in [1.29, 1.82) is 0 Å². The maximum Gasteiger partial charge on any atom is 0.488 e. The van der Waals surface area contributed by atoms with Crippen molar-refractivity contribution in [3.63, 3.8) is 0 Å². The first kappa shape index (κ1) is 18.4. The van der Waals surface area contributed by atoms with E-state index in [-0.39, 0.29) is 6.04 Å². The van der Waals surface area contributed by atoms with Gasteiger partial charge in [-0.15, -0.1) is 0 Å². The van der Waals surface area contributed by atoms with Crippen LogP contribution in [-0.4, -0.2) is 22.1 Å². The average Bonchev–Trinajstić information content (AvgIpc) is 2.68. The molecule has 0 radical (unpaired) electrons. The Labute approximate surface area is 155 Å². The first-order chi connectivity index (χ1) is 12.6. The van der Waals surface area contributed by atoms with Crippen LogP contribution in [0.15, 0.2) is 84.9 Å². The molecule has 0 amide bonds. The minimum absolute atomic E-state index is 0.195. The van der Waals surface area contributed by atoms with E-state index in [1.54, 1.807) is 6.07 Å². The van der Waals surface area contributed by atoms with Gasteiger partial charge in [-0.25, -0.2) is 0 Å². The van der Waals surface area contributed by atoms with Crippen LogP contribution in [0.4, 0.5) is 0 Å². The maximum absolute atomic E-state index is 9.70. The fourth-order valence-corrected chi connectivity index (χ4v) is 3.24. The van der Waals surface area contributed by atoms with Crippen LogP contribution in [0.3, 0.4) is 0 Å². The van der Waals surface area contributed by atoms with Crippen molar-refractivity contribution in [1.82, 2.24) is 4.90 Å². The highest BCUT2D eigenvalue weighted by atomic mass is 16.4. The molecule has 2 N–H and O–H groups in total. The monoisotopic (exact) mass is 345 g/mol. The lowest BCUT2D eigenvalue weighted by molar-refractivity contribution is 0.192. The van der Waals surface area contributed by atoms with Gasteiger partial charge in [-0.3, -0.25) is 4.90 Å². The first-order valence-electron chi connectivity index (χ1n) is 8.92. The zero-order valence-corrected chi connectivity index (χ0v) is 15.0. The van der Waals surface area contributed by atoms with Crippen molar-refractivity contribution in [2.45, 2.75) is 26.1 Å². The Morgan fingerprint density at radius 2 is 1.35 bits per heavy atom.